The Balaban J connectivity index is 1.99. The van der Waals surface area contributed by atoms with Gasteiger partial charge in [-0.1, -0.05) is 25.4 Å². The molecule has 0 spiro atoms. The van der Waals surface area contributed by atoms with Crippen LogP contribution in [0.25, 0.3) is 0 Å². The average molecular weight is 245 g/mol. The highest BCUT2D eigenvalue weighted by atomic mass is 35.5. The van der Waals surface area contributed by atoms with E-state index in [2.05, 4.69) is 29.1 Å². The topological polar surface area (TPSA) is 16.1 Å². The Bertz CT molecular complexity index is 324. The minimum Gasteiger partial charge on any atom is -0.294 e. The highest BCUT2D eigenvalue weighted by Crippen LogP contribution is 2.26. The summed E-state index contributed by atoms with van der Waals surface area (Å²) in [7, 11) is 0. The summed E-state index contributed by atoms with van der Waals surface area (Å²) in [6.45, 7) is 6.78. The van der Waals surface area contributed by atoms with Crippen molar-refractivity contribution in [2.24, 2.45) is 5.92 Å². The zero-order chi connectivity index (χ0) is 10.8. The third-order valence-corrected chi connectivity index (χ3v) is 4.10. The van der Waals surface area contributed by atoms with Gasteiger partial charge in [0.25, 0.3) is 0 Å². The molecule has 0 N–H and O–H groups in total. The van der Waals surface area contributed by atoms with Crippen molar-refractivity contribution in [3.8, 4) is 0 Å². The number of thiazole rings is 1. The lowest BCUT2D eigenvalue weighted by Gasteiger charge is -2.26. The van der Waals surface area contributed by atoms with Crippen LogP contribution in [0.1, 0.15) is 32.4 Å². The van der Waals surface area contributed by atoms with E-state index in [1.54, 1.807) is 0 Å². The van der Waals surface area contributed by atoms with Gasteiger partial charge in [-0.25, -0.2) is 4.98 Å². The summed E-state index contributed by atoms with van der Waals surface area (Å²) >= 11 is 7.36. The van der Waals surface area contributed by atoms with Crippen LogP contribution in [-0.2, 0) is 6.54 Å². The molecule has 1 saturated heterocycles. The van der Waals surface area contributed by atoms with Crippen molar-refractivity contribution in [2.75, 3.05) is 6.54 Å². The van der Waals surface area contributed by atoms with Crippen molar-refractivity contribution < 1.29 is 0 Å². The van der Waals surface area contributed by atoms with Gasteiger partial charge in [0.05, 0.1) is 5.69 Å². The Morgan fingerprint density at radius 2 is 2.47 bits per heavy atom. The van der Waals surface area contributed by atoms with E-state index < -0.39 is 0 Å². The monoisotopic (exact) mass is 244 g/mol. The minimum absolute atomic E-state index is 0.658. The van der Waals surface area contributed by atoms with Gasteiger partial charge >= 0.3 is 0 Å². The summed E-state index contributed by atoms with van der Waals surface area (Å²) in [6, 6.07) is 0.727. The summed E-state index contributed by atoms with van der Waals surface area (Å²) in [4.78, 5) is 6.85. The van der Waals surface area contributed by atoms with Crippen LogP contribution in [0.2, 0.25) is 4.47 Å². The first-order valence-electron chi connectivity index (χ1n) is 5.51. The fourth-order valence-electron chi connectivity index (χ4n) is 2.37. The van der Waals surface area contributed by atoms with E-state index >= 15 is 0 Å². The summed E-state index contributed by atoms with van der Waals surface area (Å²) in [5, 5.41) is 2.07. The van der Waals surface area contributed by atoms with E-state index in [9.17, 15) is 0 Å². The molecule has 2 rings (SSSR count). The molecular weight excluding hydrogens is 228 g/mol. The molecule has 1 aliphatic rings. The average Bonchev–Trinajstić information content (AvgIpc) is 2.75. The molecule has 4 heteroatoms. The van der Waals surface area contributed by atoms with Gasteiger partial charge in [-0.05, 0) is 25.3 Å². The van der Waals surface area contributed by atoms with Gasteiger partial charge in [0, 0.05) is 18.0 Å². The Hall–Kier alpha value is -0.120. The van der Waals surface area contributed by atoms with Crippen LogP contribution >= 0.6 is 22.9 Å². The van der Waals surface area contributed by atoms with Crippen molar-refractivity contribution in [1.29, 1.82) is 0 Å². The normalized spacial score (nSPS) is 22.8. The molecule has 0 aliphatic carbocycles. The molecule has 0 bridgehead atoms. The van der Waals surface area contributed by atoms with Gasteiger partial charge in [0.2, 0.25) is 0 Å². The second-order valence-corrected chi connectivity index (χ2v) is 5.96. The first-order chi connectivity index (χ1) is 7.16. The van der Waals surface area contributed by atoms with Crippen LogP contribution in [0.5, 0.6) is 0 Å². The maximum atomic E-state index is 5.83. The molecule has 84 valence electrons. The zero-order valence-electron chi connectivity index (χ0n) is 9.24. The molecule has 1 fully saturated rings. The van der Waals surface area contributed by atoms with E-state index in [-0.39, 0.29) is 0 Å². The molecule has 0 aromatic carbocycles. The van der Waals surface area contributed by atoms with E-state index in [1.807, 2.05) is 0 Å². The highest BCUT2D eigenvalue weighted by Gasteiger charge is 2.27. The second kappa shape index (κ2) is 4.81. The molecule has 1 unspecified atom stereocenters. The predicted octanol–water partition coefficient (Wildman–Crippen LogP) is 3.42. The van der Waals surface area contributed by atoms with Crippen LogP contribution in [0.4, 0.5) is 0 Å². The third kappa shape index (κ3) is 2.71. The van der Waals surface area contributed by atoms with Gasteiger partial charge in [-0.2, -0.15) is 0 Å². The standard InChI is InChI=1S/C11H17ClN2S/c1-8(2)10-4-3-5-14(10)6-9-7-15-11(12)13-9/h7-8,10H,3-6H2,1-2H3. The van der Waals surface area contributed by atoms with E-state index in [1.165, 1.54) is 30.7 Å². The van der Waals surface area contributed by atoms with Gasteiger partial charge in [-0.15, -0.1) is 11.3 Å². The van der Waals surface area contributed by atoms with Crippen molar-refractivity contribution in [3.05, 3.63) is 15.5 Å². The van der Waals surface area contributed by atoms with Crippen LogP contribution in [0.3, 0.4) is 0 Å². The smallest absolute Gasteiger partial charge is 0.183 e. The first-order valence-corrected chi connectivity index (χ1v) is 6.76. The lowest BCUT2D eigenvalue weighted by Crippen LogP contribution is -2.32. The quantitative estimate of drug-likeness (QED) is 0.810. The van der Waals surface area contributed by atoms with Crippen LogP contribution in [0.15, 0.2) is 5.38 Å². The van der Waals surface area contributed by atoms with Crippen LogP contribution in [0, 0.1) is 5.92 Å². The van der Waals surface area contributed by atoms with Crippen molar-refractivity contribution in [3.63, 3.8) is 0 Å². The van der Waals surface area contributed by atoms with Crippen LogP contribution < -0.4 is 0 Å². The molecule has 1 aliphatic heterocycles. The van der Waals surface area contributed by atoms with E-state index in [4.69, 9.17) is 11.6 Å². The molecule has 0 amide bonds. The fourth-order valence-corrected chi connectivity index (χ4v) is 3.14. The predicted molar refractivity (Wildman–Crippen MR) is 65.4 cm³/mol. The van der Waals surface area contributed by atoms with Crippen molar-refractivity contribution in [1.82, 2.24) is 9.88 Å². The molecule has 1 atom stereocenters. The van der Waals surface area contributed by atoms with Gasteiger partial charge in [0.1, 0.15) is 0 Å². The molecule has 2 nitrogen and oxygen atoms in total. The molecule has 0 saturated carbocycles. The molecule has 1 aromatic rings. The van der Waals surface area contributed by atoms with Gasteiger partial charge in [0.15, 0.2) is 4.47 Å². The fraction of sp³-hybridized carbons (Fsp3) is 0.727. The molecular formula is C11H17ClN2S. The first kappa shape index (κ1) is 11.4. The maximum absolute atomic E-state index is 5.83. The number of rotatable bonds is 3. The van der Waals surface area contributed by atoms with Gasteiger partial charge < -0.3 is 0 Å². The van der Waals surface area contributed by atoms with Crippen molar-refractivity contribution >= 4 is 22.9 Å². The number of hydrogen-bond acceptors (Lipinski definition) is 3. The lowest BCUT2D eigenvalue weighted by atomic mass is 10.0. The molecule has 0 radical (unpaired) electrons. The zero-order valence-corrected chi connectivity index (χ0v) is 10.8. The van der Waals surface area contributed by atoms with E-state index in [0.717, 1.165) is 24.2 Å². The third-order valence-electron chi connectivity index (χ3n) is 3.07. The Morgan fingerprint density at radius 1 is 1.67 bits per heavy atom. The minimum atomic E-state index is 0.658. The number of aromatic nitrogens is 1. The number of nitrogens with zero attached hydrogens (tertiary/aromatic N) is 2. The Labute approximate surface area is 100 Å². The summed E-state index contributed by atoms with van der Waals surface area (Å²) in [5.41, 5.74) is 1.12. The number of hydrogen-bond donors (Lipinski definition) is 0. The summed E-state index contributed by atoms with van der Waals surface area (Å²) < 4.78 is 0.658. The van der Waals surface area contributed by atoms with E-state index in [0.29, 0.717) is 4.47 Å². The Morgan fingerprint density at radius 3 is 3.07 bits per heavy atom. The highest BCUT2D eigenvalue weighted by molar-refractivity contribution is 7.13. The molecule has 1 aromatic heterocycles. The number of likely N-dealkylation sites (tertiary alicyclic amines) is 1. The number of halogens is 1. The summed E-state index contributed by atoms with van der Waals surface area (Å²) in [5.74, 6) is 0.738. The SMILES string of the molecule is CC(C)C1CCCN1Cc1csc(Cl)n1. The summed E-state index contributed by atoms with van der Waals surface area (Å²) in [6.07, 6.45) is 2.65. The Kier molecular flexibility index (Phi) is 3.65. The van der Waals surface area contributed by atoms with Crippen molar-refractivity contribution in [2.45, 2.75) is 39.3 Å². The van der Waals surface area contributed by atoms with Crippen LogP contribution in [-0.4, -0.2) is 22.5 Å². The maximum Gasteiger partial charge on any atom is 0.183 e. The lowest BCUT2D eigenvalue weighted by molar-refractivity contribution is 0.197. The van der Waals surface area contributed by atoms with Gasteiger partial charge in [-0.3, -0.25) is 4.90 Å². The molecule has 15 heavy (non-hydrogen) atoms. The second-order valence-electron chi connectivity index (χ2n) is 4.52. The molecule has 2 heterocycles. The largest absolute Gasteiger partial charge is 0.294 e.